The van der Waals surface area contributed by atoms with Crippen LogP contribution < -0.4 is 0 Å². The molecule has 0 bridgehead atoms. The fraction of sp³-hybridized carbons (Fsp3) is 0.927. The molecule has 13 nitrogen and oxygen atoms in total. The molecular weight excluding hydrogens is 700 g/mol. The predicted molar refractivity (Wildman–Crippen MR) is 195 cm³/mol. The third-order valence-corrected chi connectivity index (χ3v) is 15.9. The Balaban J connectivity index is 1.18. The van der Waals surface area contributed by atoms with E-state index in [1.807, 2.05) is 20.8 Å². The van der Waals surface area contributed by atoms with Gasteiger partial charge in [0.05, 0.1) is 24.9 Å². The second kappa shape index (κ2) is 15.3. The molecule has 18 atom stereocenters. The van der Waals surface area contributed by atoms with Gasteiger partial charge in [0.1, 0.15) is 48.5 Å². The topological polar surface area (TPSA) is 216 Å². The summed E-state index contributed by atoms with van der Waals surface area (Å²) in [7, 11) is 0. The Morgan fingerprint density at radius 1 is 0.870 bits per heavy atom. The van der Waals surface area contributed by atoms with E-state index in [-0.39, 0.29) is 47.6 Å². The molecule has 4 aliphatic carbocycles. The molecule has 0 amide bonds. The first kappa shape index (κ1) is 42.5. The predicted octanol–water partition coefficient (Wildman–Crippen LogP) is 1.97. The van der Waals surface area contributed by atoms with Gasteiger partial charge in [-0.25, -0.2) is 0 Å². The molecule has 2 heterocycles. The zero-order valence-corrected chi connectivity index (χ0v) is 33.3. The Hall–Kier alpha value is -1.07. The van der Waals surface area contributed by atoms with Crippen LogP contribution in [0.15, 0.2) is 11.6 Å². The lowest BCUT2D eigenvalue weighted by Gasteiger charge is -2.70. The third-order valence-electron chi connectivity index (χ3n) is 15.9. The summed E-state index contributed by atoms with van der Waals surface area (Å²) in [5.41, 5.74) is -1.41. The normalized spacial score (nSPS) is 50.0. The molecule has 0 spiro atoms. The highest BCUT2D eigenvalue weighted by Gasteiger charge is 2.72. The van der Waals surface area contributed by atoms with Crippen molar-refractivity contribution in [3.05, 3.63) is 11.6 Å². The Labute approximate surface area is 320 Å². The van der Waals surface area contributed by atoms with Crippen molar-refractivity contribution in [2.75, 3.05) is 19.8 Å². The number of carbonyl (C=O) groups excluding carboxylic acids is 1. The summed E-state index contributed by atoms with van der Waals surface area (Å²) >= 11 is 0. The highest BCUT2D eigenvalue weighted by atomic mass is 16.7. The Bertz CT molecular complexity index is 1380. The summed E-state index contributed by atoms with van der Waals surface area (Å²) in [4.78, 5) is 14.0. The average molecular weight is 769 g/mol. The van der Waals surface area contributed by atoms with Gasteiger partial charge in [-0.3, -0.25) is 4.79 Å². The first-order valence-corrected chi connectivity index (χ1v) is 20.3. The SMILES string of the molecule is CC(C)=CCC[C@](C)(O)[C@H]1C(=O)C[C@]2(C)[C@@H]1CC[C@@H]1[C@@]3(CO)CC[C@H](O[C@@H]4O[C@H](CO)[C@@H](O[C@@H]5OC[C@H](O)[C@H](O)[C@H]5O)[C@H](O)[C@H]4O)C(C)(C)[C@@H]3CC[C@]12C. The molecule has 8 N–H and O–H groups in total. The summed E-state index contributed by atoms with van der Waals surface area (Å²) < 4.78 is 23.6. The largest absolute Gasteiger partial charge is 0.396 e. The van der Waals surface area contributed by atoms with E-state index in [9.17, 15) is 45.6 Å². The van der Waals surface area contributed by atoms with E-state index in [1.54, 1.807) is 0 Å². The Morgan fingerprint density at radius 3 is 2.20 bits per heavy atom. The molecule has 4 saturated carbocycles. The minimum Gasteiger partial charge on any atom is -0.396 e. The van der Waals surface area contributed by atoms with Crippen molar-refractivity contribution in [1.82, 2.24) is 0 Å². The zero-order valence-electron chi connectivity index (χ0n) is 33.3. The van der Waals surface area contributed by atoms with Crippen molar-refractivity contribution in [3.8, 4) is 0 Å². The number of Topliss-reactive ketones (excluding diaryl/α,β-unsaturated/α-hetero) is 1. The van der Waals surface area contributed by atoms with Gasteiger partial charge in [0.2, 0.25) is 0 Å². The van der Waals surface area contributed by atoms with Gasteiger partial charge in [-0.15, -0.1) is 0 Å². The maximum absolute atomic E-state index is 14.0. The molecular formula is C41H68O13. The van der Waals surface area contributed by atoms with Crippen molar-refractivity contribution in [1.29, 1.82) is 0 Å². The van der Waals surface area contributed by atoms with Gasteiger partial charge in [0, 0.05) is 24.4 Å². The molecule has 6 fully saturated rings. The third kappa shape index (κ3) is 6.77. The summed E-state index contributed by atoms with van der Waals surface area (Å²) in [6.07, 6.45) is -5.08. The lowest BCUT2D eigenvalue weighted by molar-refractivity contribution is -0.361. The molecule has 54 heavy (non-hydrogen) atoms. The van der Waals surface area contributed by atoms with Gasteiger partial charge in [0.25, 0.3) is 0 Å². The minimum atomic E-state index is -1.64. The molecule has 0 aromatic heterocycles. The minimum absolute atomic E-state index is 0.000298. The summed E-state index contributed by atoms with van der Waals surface area (Å²) in [6, 6.07) is 0. The summed E-state index contributed by atoms with van der Waals surface area (Å²) in [6.45, 7) is 13.9. The van der Waals surface area contributed by atoms with Crippen LogP contribution in [-0.2, 0) is 23.7 Å². The monoisotopic (exact) mass is 768 g/mol. The van der Waals surface area contributed by atoms with Crippen LogP contribution in [0.4, 0.5) is 0 Å². The smallest absolute Gasteiger partial charge is 0.186 e. The van der Waals surface area contributed by atoms with Crippen LogP contribution in [0, 0.1) is 45.3 Å². The van der Waals surface area contributed by atoms with Gasteiger partial charge in [-0.2, -0.15) is 0 Å². The molecule has 6 rings (SSSR count). The molecule has 6 aliphatic rings. The number of hydrogen-bond donors (Lipinski definition) is 8. The maximum Gasteiger partial charge on any atom is 0.186 e. The van der Waals surface area contributed by atoms with Crippen LogP contribution in [-0.4, -0.2) is 133 Å². The van der Waals surface area contributed by atoms with Gasteiger partial charge in [-0.1, -0.05) is 39.3 Å². The molecule has 13 heteroatoms. The van der Waals surface area contributed by atoms with E-state index in [4.69, 9.17) is 18.9 Å². The molecule has 310 valence electrons. The number of fused-ring (bicyclic) bond motifs is 5. The number of aliphatic hydroxyl groups is 8. The van der Waals surface area contributed by atoms with Crippen molar-refractivity contribution in [2.45, 2.75) is 173 Å². The second-order valence-electron chi connectivity index (χ2n) is 19.4. The Kier molecular flexibility index (Phi) is 12.0. The number of carbonyl (C=O) groups is 1. The van der Waals surface area contributed by atoms with Crippen LogP contribution in [0.5, 0.6) is 0 Å². The molecule has 2 saturated heterocycles. The molecule has 0 radical (unpaired) electrons. The number of rotatable bonds is 10. The average Bonchev–Trinajstić information content (AvgIpc) is 3.39. The molecule has 0 aromatic rings. The second-order valence-corrected chi connectivity index (χ2v) is 19.4. The van der Waals surface area contributed by atoms with Crippen molar-refractivity contribution < 1.29 is 64.6 Å². The summed E-state index contributed by atoms with van der Waals surface area (Å²) in [5.74, 6) is -0.0243. The van der Waals surface area contributed by atoms with E-state index in [1.165, 1.54) is 5.57 Å². The van der Waals surface area contributed by atoms with E-state index < -0.39 is 90.4 Å². The van der Waals surface area contributed by atoms with Crippen molar-refractivity contribution in [3.63, 3.8) is 0 Å². The fourth-order valence-electron chi connectivity index (χ4n) is 12.9. The number of hydrogen-bond acceptors (Lipinski definition) is 13. The number of ether oxygens (including phenoxy) is 4. The van der Waals surface area contributed by atoms with Crippen LogP contribution in [0.3, 0.4) is 0 Å². The van der Waals surface area contributed by atoms with Crippen LogP contribution >= 0.6 is 0 Å². The van der Waals surface area contributed by atoms with Gasteiger partial charge in [0.15, 0.2) is 12.6 Å². The molecule has 2 aliphatic heterocycles. The van der Waals surface area contributed by atoms with Crippen molar-refractivity contribution >= 4 is 5.78 Å². The van der Waals surface area contributed by atoms with Crippen molar-refractivity contribution in [2.24, 2.45) is 45.3 Å². The maximum atomic E-state index is 14.0. The first-order chi connectivity index (χ1) is 25.2. The van der Waals surface area contributed by atoms with E-state index >= 15 is 0 Å². The number of allylic oxidation sites excluding steroid dienone is 2. The number of aliphatic hydroxyl groups excluding tert-OH is 7. The highest BCUT2D eigenvalue weighted by molar-refractivity contribution is 5.86. The lowest BCUT2D eigenvalue weighted by Crippen LogP contribution is -2.67. The first-order valence-electron chi connectivity index (χ1n) is 20.3. The van der Waals surface area contributed by atoms with Gasteiger partial charge >= 0.3 is 0 Å². The highest BCUT2D eigenvalue weighted by Crippen LogP contribution is 2.75. The van der Waals surface area contributed by atoms with E-state index in [0.29, 0.717) is 25.7 Å². The number of ketones is 1. The lowest BCUT2D eigenvalue weighted by atomic mass is 9.35. The van der Waals surface area contributed by atoms with Crippen LogP contribution in [0.1, 0.15) is 106 Å². The molecule has 0 aromatic carbocycles. The van der Waals surface area contributed by atoms with Crippen LogP contribution in [0.2, 0.25) is 0 Å². The summed E-state index contributed by atoms with van der Waals surface area (Å²) in [5, 5.41) is 86.3. The Morgan fingerprint density at radius 2 is 1.56 bits per heavy atom. The van der Waals surface area contributed by atoms with Gasteiger partial charge in [-0.05, 0) is 106 Å². The van der Waals surface area contributed by atoms with Crippen LogP contribution in [0.25, 0.3) is 0 Å². The zero-order chi connectivity index (χ0) is 39.8. The van der Waals surface area contributed by atoms with E-state index in [0.717, 1.165) is 32.1 Å². The van der Waals surface area contributed by atoms with Gasteiger partial charge < -0.3 is 59.8 Å². The fourth-order valence-corrected chi connectivity index (χ4v) is 12.9. The molecule has 0 unspecified atom stereocenters. The standard InChI is InChI=1S/C41H68O13/c1-21(2)9-8-14-40(7,50)29-22-10-11-27-38(5,39(22,6)17-23(29)44)15-12-26-37(3,4)28(13-16-41(26,27)20-43)53-36-33(49)31(47)34(25(18-42)52-36)54-35-32(48)30(46)24(45)19-51-35/h9,22,24-36,42-43,45-50H,8,10-20H2,1-7H3/t22-,24+,25-,26+,27+,28+,29-,30+,31-,32-,33-,34-,35+,36+,38-,39-,40+,41-/m1/s1. The quantitative estimate of drug-likeness (QED) is 0.118. The van der Waals surface area contributed by atoms with E-state index in [2.05, 4.69) is 33.8 Å².